The van der Waals surface area contributed by atoms with Crippen molar-refractivity contribution in [3.63, 3.8) is 0 Å². The molecule has 0 spiro atoms. The van der Waals surface area contributed by atoms with Gasteiger partial charge in [-0.1, -0.05) is 0 Å². The quantitative estimate of drug-likeness (QED) is 0.610. The van der Waals surface area contributed by atoms with Crippen LogP contribution in [0.2, 0.25) is 0 Å². The molecule has 3 N–H and O–H groups in total. The van der Waals surface area contributed by atoms with Gasteiger partial charge in [0.05, 0.1) is 0 Å². The first-order valence-electron chi connectivity index (χ1n) is 9.23. The van der Waals surface area contributed by atoms with E-state index in [1.165, 1.54) is 6.92 Å². The maximum Gasteiger partial charge on any atom is 0.233 e. The number of amides is 3. The number of carbonyl (C=O) groups excluding carboxylic acids is 3. The van der Waals surface area contributed by atoms with Crippen LogP contribution in [-0.4, -0.2) is 30.8 Å². The molecule has 0 saturated heterocycles. The largest absolute Gasteiger partial charge is 0.372 e. The molecule has 7 nitrogen and oxygen atoms in total. The van der Waals surface area contributed by atoms with E-state index in [9.17, 15) is 14.4 Å². The predicted molar refractivity (Wildman–Crippen MR) is 113 cm³/mol. The van der Waals surface area contributed by atoms with Gasteiger partial charge in [-0.05, 0) is 62.4 Å². The summed E-state index contributed by atoms with van der Waals surface area (Å²) >= 11 is 0. The highest BCUT2D eigenvalue weighted by Gasteiger charge is 2.11. The van der Waals surface area contributed by atoms with Crippen molar-refractivity contribution >= 4 is 40.5 Å². The fourth-order valence-corrected chi connectivity index (χ4v) is 2.74. The Kier molecular flexibility index (Phi) is 7.56. The average Bonchev–Trinajstić information content (AvgIpc) is 2.65. The van der Waals surface area contributed by atoms with E-state index in [2.05, 4.69) is 34.7 Å². The molecule has 0 aliphatic rings. The summed E-state index contributed by atoms with van der Waals surface area (Å²) in [7, 11) is 0. The van der Waals surface area contributed by atoms with Crippen molar-refractivity contribution in [3.05, 3.63) is 48.5 Å². The SMILES string of the molecule is CCN(CC)c1ccc(NC(=O)CC(=O)Nc2ccc(NC(C)=O)cc2)cc1. The number of nitrogens with zero attached hydrogens (tertiary/aromatic N) is 1. The van der Waals surface area contributed by atoms with Gasteiger partial charge in [-0.3, -0.25) is 14.4 Å². The van der Waals surface area contributed by atoms with Gasteiger partial charge in [0, 0.05) is 42.8 Å². The van der Waals surface area contributed by atoms with Crippen LogP contribution in [0.3, 0.4) is 0 Å². The lowest BCUT2D eigenvalue weighted by Crippen LogP contribution is -2.22. The third kappa shape index (κ3) is 6.42. The molecular formula is C21H26N4O3. The molecule has 0 heterocycles. The summed E-state index contributed by atoms with van der Waals surface area (Å²) in [5.74, 6) is -0.967. The lowest BCUT2D eigenvalue weighted by atomic mass is 10.2. The highest BCUT2D eigenvalue weighted by molar-refractivity contribution is 6.08. The molecule has 28 heavy (non-hydrogen) atoms. The van der Waals surface area contributed by atoms with Gasteiger partial charge in [-0.15, -0.1) is 0 Å². The van der Waals surface area contributed by atoms with Crippen LogP contribution in [0.4, 0.5) is 22.7 Å². The summed E-state index contributed by atoms with van der Waals surface area (Å²) in [6.07, 6.45) is -0.286. The normalized spacial score (nSPS) is 10.1. The minimum atomic E-state index is -0.412. The van der Waals surface area contributed by atoms with Crippen molar-refractivity contribution in [2.24, 2.45) is 0 Å². The Bertz CT molecular complexity index is 813. The molecular weight excluding hydrogens is 356 g/mol. The van der Waals surface area contributed by atoms with Crippen LogP contribution in [0.5, 0.6) is 0 Å². The fraction of sp³-hybridized carbons (Fsp3) is 0.286. The number of anilines is 4. The van der Waals surface area contributed by atoms with Gasteiger partial charge in [0.15, 0.2) is 0 Å². The van der Waals surface area contributed by atoms with E-state index in [4.69, 9.17) is 0 Å². The Balaban J connectivity index is 1.85. The van der Waals surface area contributed by atoms with E-state index in [0.29, 0.717) is 17.1 Å². The summed E-state index contributed by atoms with van der Waals surface area (Å²) in [6.45, 7) is 7.42. The standard InChI is InChI=1S/C21H26N4O3/c1-4-25(5-2)19-12-10-18(11-13-19)24-21(28)14-20(27)23-17-8-6-16(7-9-17)22-15(3)26/h6-13H,4-5,14H2,1-3H3,(H,22,26)(H,23,27)(H,24,28). The highest BCUT2D eigenvalue weighted by atomic mass is 16.2. The van der Waals surface area contributed by atoms with Crippen molar-refractivity contribution in [2.45, 2.75) is 27.2 Å². The van der Waals surface area contributed by atoms with Crippen LogP contribution in [0, 0.1) is 0 Å². The molecule has 7 heteroatoms. The summed E-state index contributed by atoms with van der Waals surface area (Å²) in [6, 6.07) is 14.2. The van der Waals surface area contributed by atoms with Gasteiger partial charge in [0.2, 0.25) is 17.7 Å². The number of nitrogens with one attached hydrogen (secondary N) is 3. The molecule has 2 aromatic rings. The van der Waals surface area contributed by atoms with Gasteiger partial charge in [-0.25, -0.2) is 0 Å². The Morgan fingerprint density at radius 1 is 0.714 bits per heavy atom. The number of benzene rings is 2. The third-order valence-electron chi connectivity index (χ3n) is 4.09. The minimum absolute atomic E-state index is 0.168. The van der Waals surface area contributed by atoms with Crippen LogP contribution in [0.25, 0.3) is 0 Å². The first kappa shape index (κ1) is 21.0. The second-order valence-corrected chi connectivity index (χ2v) is 6.25. The van der Waals surface area contributed by atoms with Gasteiger partial charge in [0.25, 0.3) is 0 Å². The molecule has 3 amide bonds. The Hall–Kier alpha value is -3.35. The molecule has 0 fully saturated rings. The molecule has 148 valence electrons. The zero-order chi connectivity index (χ0) is 20.5. The van der Waals surface area contributed by atoms with Crippen LogP contribution in [0.15, 0.2) is 48.5 Å². The summed E-state index contributed by atoms with van der Waals surface area (Å²) in [4.78, 5) is 37.3. The lowest BCUT2D eigenvalue weighted by molar-refractivity contribution is -0.123. The number of hydrogen-bond donors (Lipinski definition) is 3. The van der Waals surface area contributed by atoms with Gasteiger partial charge in [0.1, 0.15) is 6.42 Å². The van der Waals surface area contributed by atoms with Crippen LogP contribution < -0.4 is 20.9 Å². The second kappa shape index (κ2) is 10.1. The molecule has 0 radical (unpaired) electrons. The zero-order valence-electron chi connectivity index (χ0n) is 16.4. The van der Waals surface area contributed by atoms with E-state index in [1.807, 2.05) is 24.3 Å². The minimum Gasteiger partial charge on any atom is -0.372 e. The molecule has 0 unspecified atom stereocenters. The van der Waals surface area contributed by atoms with E-state index in [1.54, 1.807) is 24.3 Å². The first-order valence-corrected chi connectivity index (χ1v) is 9.23. The van der Waals surface area contributed by atoms with Crippen molar-refractivity contribution < 1.29 is 14.4 Å². The molecule has 2 aromatic carbocycles. The second-order valence-electron chi connectivity index (χ2n) is 6.25. The molecule has 2 rings (SSSR count). The van der Waals surface area contributed by atoms with Crippen LogP contribution in [0.1, 0.15) is 27.2 Å². The lowest BCUT2D eigenvalue weighted by Gasteiger charge is -2.21. The van der Waals surface area contributed by atoms with Gasteiger partial charge in [-0.2, -0.15) is 0 Å². The smallest absolute Gasteiger partial charge is 0.233 e. The topological polar surface area (TPSA) is 90.5 Å². The summed E-state index contributed by atoms with van der Waals surface area (Å²) in [5, 5.41) is 8.03. The monoisotopic (exact) mass is 382 g/mol. The number of rotatable bonds is 8. The van der Waals surface area contributed by atoms with E-state index in [-0.39, 0.29) is 18.2 Å². The zero-order valence-corrected chi connectivity index (χ0v) is 16.4. The number of hydrogen-bond acceptors (Lipinski definition) is 4. The number of carbonyl (C=O) groups is 3. The van der Waals surface area contributed by atoms with E-state index >= 15 is 0 Å². The van der Waals surface area contributed by atoms with Gasteiger partial charge < -0.3 is 20.9 Å². The maximum atomic E-state index is 12.1. The molecule has 0 bridgehead atoms. The van der Waals surface area contributed by atoms with Crippen LogP contribution in [-0.2, 0) is 14.4 Å². The molecule has 0 aliphatic heterocycles. The van der Waals surface area contributed by atoms with Crippen molar-refractivity contribution in [1.29, 1.82) is 0 Å². The maximum absolute atomic E-state index is 12.1. The summed E-state index contributed by atoms with van der Waals surface area (Å²) < 4.78 is 0. The Morgan fingerprint density at radius 3 is 1.50 bits per heavy atom. The first-order chi connectivity index (χ1) is 13.4. The van der Waals surface area contributed by atoms with Crippen molar-refractivity contribution in [2.75, 3.05) is 33.9 Å². The van der Waals surface area contributed by atoms with Crippen molar-refractivity contribution in [1.82, 2.24) is 0 Å². The molecule has 0 aromatic heterocycles. The average molecular weight is 382 g/mol. The van der Waals surface area contributed by atoms with E-state index < -0.39 is 5.91 Å². The third-order valence-corrected chi connectivity index (χ3v) is 4.09. The summed E-state index contributed by atoms with van der Waals surface area (Å²) in [5.41, 5.74) is 2.92. The molecule has 0 saturated carbocycles. The van der Waals surface area contributed by atoms with E-state index in [0.717, 1.165) is 18.8 Å². The fourth-order valence-electron chi connectivity index (χ4n) is 2.74. The highest BCUT2D eigenvalue weighted by Crippen LogP contribution is 2.18. The Labute approximate surface area is 165 Å². The molecule has 0 atom stereocenters. The van der Waals surface area contributed by atoms with Gasteiger partial charge >= 0.3 is 0 Å². The molecule has 0 aliphatic carbocycles. The van der Waals surface area contributed by atoms with Crippen molar-refractivity contribution in [3.8, 4) is 0 Å². The predicted octanol–water partition coefficient (Wildman–Crippen LogP) is 3.46. The van der Waals surface area contributed by atoms with Crippen LogP contribution >= 0.6 is 0 Å². The Morgan fingerprint density at radius 2 is 1.11 bits per heavy atom.